The summed E-state index contributed by atoms with van der Waals surface area (Å²) >= 11 is 0. The van der Waals surface area contributed by atoms with Gasteiger partial charge in [-0.3, -0.25) is 9.69 Å². The first-order valence-corrected chi connectivity index (χ1v) is 12.2. The molecule has 2 aliphatic rings. The van der Waals surface area contributed by atoms with Gasteiger partial charge in [-0.25, -0.2) is 14.8 Å². The molecule has 0 bridgehead atoms. The number of benzene rings is 1. The van der Waals surface area contributed by atoms with E-state index in [1.165, 1.54) is 12.4 Å². The summed E-state index contributed by atoms with van der Waals surface area (Å²) in [6.07, 6.45) is 0.260. The van der Waals surface area contributed by atoms with E-state index in [4.69, 9.17) is 0 Å². The molecule has 12 heteroatoms. The minimum absolute atomic E-state index is 0.00612. The number of rotatable bonds is 8. The molecule has 1 saturated heterocycles. The Balaban J connectivity index is 1.23. The van der Waals surface area contributed by atoms with Gasteiger partial charge in [-0.2, -0.15) is 13.2 Å². The van der Waals surface area contributed by atoms with Crippen molar-refractivity contribution >= 4 is 28.7 Å². The highest BCUT2D eigenvalue weighted by Gasteiger charge is 2.37. The highest BCUT2D eigenvalue weighted by molar-refractivity contribution is 5.91. The van der Waals surface area contributed by atoms with Crippen LogP contribution in [0.5, 0.6) is 0 Å². The zero-order valence-corrected chi connectivity index (χ0v) is 20.1. The maximum atomic E-state index is 13.1. The fourth-order valence-corrected chi connectivity index (χ4v) is 5.13. The monoisotopic (exact) mass is 508 g/mol. The van der Waals surface area contributed by atoms with Crippen molar-refractivity contribution in [1.82, 2.24) is 25.1 Å². The van der Waals surface area contributed by atoms with Crippen LogP contribution in [-0.2, 0) is 11.0 Å². The molecule has 0 unspecified atom stereocenters. The highest BCUT2D eigenvalue weighted by atomic mass is 19.4. The van der Waals surface area contributed by atoms with Crippen molar-refractivity contribution in [2.24, 2.45) is 0 Å². The number of fused-ring (bicyclic) bond motifs is 1. The number of aromatic nitrogens is 2. The van der Waals surface area contributed by atoms with E-state index in [0.717, 1.165) is 57.3 Å². The van der Waals surface area contributed by atoms with E-state index in [0.29, 0.717) is 18.1 Å². The first kappa shape index (κ1) is 25.9. The van der Waals surface area contributed by atoms with E-state index in [1.54, 1.807) is 4.90 Å². The molecule has 0 radical (unpaired) electrons. The van der Waals surface area contributed by atoms with Crippen molar-refractivity contribution in [3.8, 4) is 0 Å². The number of anilines is 1. The number of nitrogens with one attached hydrogen (secondary N) is 2. The fraction of sp³-hybridized carbons (Fsp3) is 0.583. The van der Waals surface area contributed by atoms with Gasteiger partial charge in [0.25, 0.3) is 0 Å². The Morgan fingerprint density at radius 3 is 2.53 bits per heavy atom. The Labute approximate surface area is 207 Å². The molecule has 1 aromatic heterocycles. The third kappa shape index (κ3) is 5.97. The van der Waals surface area contributed by atoms with Crippen LogP contribution in [0, 0.1) is 0 Å². The lowest BCUT2D eigenvalue weighted by Crippen LogP contribution is -2.63. The summed E-state index contributed by atoms with van der Waals surface area (Å²) in [6.45, 7) is 3.87. The summed E-state index contributed by atoms with van der Waals surface area (Å²) in [5, 5.41) is 15.4. The molecule has 3 N–H and O–H groups in total. The Morgan fingerprint density at radius 1 is 1.17 bits per heavy atom. The van der Waals surface area contributed by atoms with Gasteiger partial charge in [0.2, 0.25) is 5.91 Å². The Bertz CT molecular complexity index is 1080. The molecular formula is C24H31F3N6O3. The van der Waals surface area contributed by atoms with E-state index in [-0.39, 0.29) is 35.7 Å². The lowest BCUT2D eigenvalue weighted by molar-refractivity contribution is -0.137. The number of likely N-dealkylation sites (tertiary alicyclic amines) is 1. The lowest BCUT2D eigenvalue weighted by atomic mass is 9.87. The van der Waals surface area contributed by atoms with Crippen molar-refractivity contribution in [1.29, 1.82) is 0 Å². The number of nitrogens with zero attached hydrogens (tertiary/aromatic N) is 4. The minimum atomic E-state index is -4.49. The fourth-order valence-electron chi connectivity index (χ4n) is 5.13. The molecule has 196 valence electrons. The molecular weight excluding hydrogens is 477 g/mol. The third-order valence-electron chi connectivity index (χ3n) is 6.99. The number of hydrogen-bond acceptors (Lipinski definition) is 6. The first-order valence-electron chi connectivity index (χ1n) is 12.2. The van der Waals surface area contributed by atoms with Crippen LogP contribution in [0.4, 0.5) is 23.8 Å². The number of halogens is 3. The molecule has 0 spiro atoms. The molecule has 1 saturated carbocycles. The van der Waals surface area contributed by atoms with Gasteiger partial charge in [-0.1, -0.05) is 6.92 Å². The predicted molar refractivity (Wildman–Crippen MR) is 128 cm³/mol. The highest BCUT2D eigenvalue weighted by Crippen LogP contribution is 2.32. The maximum Gasteiger partial charge on any atom is 0.416 e. The van der Waals surface area contributed by atoms with Crippen molar-refractivity contribution < 1.29 is 27.9 Å². The van der Waals surface area contributed by atoms with Crippen LogP contribution in [0.1, 0.15) is 44.6 Å². The molecule has 0 atom stereocenters. The quantitative estimate of drug-likeness (QED) is 0.500. The van der Waals surface area contributed by atoms with Gasteiger partial charge in [0.15, 0.2) is 0 Å². The summed E-state index contributed by atoms with van der Waals surface area (Å²) in [7, 11) is 0. The molecule has 4 rings (SSSR count). The normalized spacial score (nSPS) is 21.1. The van der Waals surface area contributed by atoms with Gasteiger partial charge in [0.05, 0.1) is 23.7 Å². The second-order valence-electron chi connectivity index (χ2n) is 9.46. The molecule has 9 nitrogen and oxygen atoms in total. The Kier molecular flexibility index (Phi) is 7.82. The average molecular weight is 509 g/mol. The molecule has 36 heavy (non-hydrogen) atoms. The summed E-state index contributed by atoms with van der Waals surface area (Å²) in [4.78, 5) is 35.8. The summed E-state index contributed by atoms with van der Waals surface area (Å²) in [5.41, 5.74) is -0.451. The predicted octanol–water partition coefficient (Wildman–Crippen LogP) is 3.56. The topological polar surface area (TPSA) is 111 Å². The first-order chi connectivity index (χ1) is 17.2. The standard InChI is InChI=1S/C24H31F3N6O3/c1-2-9-33(23(35)36)18-6-4-17(5-7-18)32-12-16(13-32)31-21(34)11-28-22-19-10-15(24(25,26)27)3-8-20(19)29-14-30-22/h3,8,10,14,16-18H,2,4-7,9,11-13H2,1H3,(H,31,34)(H,35,36)(H,28,29,30). The molecule has 2 fully saturated rings. The Morgan fingerprint density at radius 2 is 1.89 bits per heavy atom. The summed E-state index contributed by atoms with van der Waals surface area (Å²) in [5.74, 6) is -0.0921. The largest absolute Gasteiger partial charge is 0.465 e. The summed E-state index contributed by atoms with van der Waals surface area (Å²) in [6, 6.07) is 3.70. The van der Waals surface area contributed by atoms with E-state index < -0.39 is 17.8 Å². The molecule has 2 aromatic rings. The maximum absolute atomic E-state index is 13.1. The van der Waals surface area contributed by atoms with Crippen molar-refractivity contribution in [3.05, 3.63) is 30.1 Å². The van der Waals surface area contributed by atoms with Crippen LogP contribution in [0.25, 0.3) is 10.9 Å². The number of carboxylic acid groups (broad SMARTS) is 1. The van der Waals surface area contributed by atoms with Crippen LogP contribution in [0.3, 0.4) is 0 Å². The molecule has 1 aliphatic carbocycles. The number of carbonyl (C=O) groups excluding carboxylic acids is 1. The van der Waals surface area contributed by atoms with Gasteiger partial charge in [0.1, 0.15) is 12.1 Å². The van der Waals surface area contributed by atoms with Crippen molar-refractivity contribution in [2.75, 3.05) is 31.5 Å². The van der Waals surface area contributed by atoms with Crippen LogP contribution in [0.15, 0.2) is 24.5 Å². The van der Waals surface area contributed by atoms with Gasteiger partial charge in [-0.15, -0.1) is 0 Å². The second kappa shape index (κ2) is 10.9. The van der Waals surface area contributed by atoms with Crippen LogP contribution >= 0.6 is 0 Å². The van der Waals surface area contributed by atoms with Gasteiger partial charge >= 0.3 is 12.3 Å². The van der Waals surface area contributed by atoms with Crippen LogP contribution < -0.4 is 10.6 Å². The van der Waals surface area contributed by atoms with E-state index in [9.17, 15) is 27.9 Å². The molecule has 2 heterocycles. The second-order valence-corrected chi connectivity index (χ2v) is 9.46. The number of amides is 2. The lowest BCUT2D eigenvalue weighted by Gasteiger charge is -2.47. The molecule has 1 aromatic carbocycles. The zero-order valence-electron chi connectivity index (χ0n) is 20.1. The summed E-state index contributed by atoms with van der Waals surface area (Å²) < 4.78 is 39.2. The SMILES string of the molecule is CCCN(C(=O)O)C1CCC(N2CC(NC(=O)CNc3ncnc4ccc(C(F)(F)F)cc34)C2)CC1. The van der Waals surface area contributed by atoms with Crippen molar-refractivity contribution in [3.63, 3.8) is 0 Å². The molecule has 2 amide bonds. The Hall–Kier alpha value is -3.15. The number of hydrogen-bond donors (Lipinski definition) is 3. The van der Waals surface area contributed by atoms with Gasteiger partial charge in [0, 0.05) is 37.1 Å². The smallest absolute Gasteiger partial charge is 0.416 e. The van der Waals surface area contributed by atoms with E-state index in [1.807, 2.05) is 6.92 Å². The van der Waals surface area contributed by atoms with Gasteiger partial charge in [-0.05, 0) is 50.3 Å². The number of alkyl halides is 3. The zero-order chi connectivity index (χ0) is 25.9. The van der Waals surface area contributed by atoms with E-state index in [2.05, 4.69) is 25.5 Å². The third-order valence-corrected chi connectivity index (χ3v) is 6.99. The number of carbonyl (C=O) groups is 2. The van der Waals surface area contributed by atoms with Crippen molar-refractivity contribution in [2.45, 2.75) is 63.3 Å². The van der Waals surface area contributed by atoms with Gasteiger partial charge < -0.3 is 20.6 Å². The molecule has 1 aliphatic heterocycles. The van der Waals surface area contributed by atoms with Crippen LogP contribution in [0.2, 0.25) is 0 Å². The van der Waals surface area contributed by atoms with Crippen LogP contribution in [-0.4, -0.2) is 81.2 Å². The van der Waals surface area contributed by atoms with E-state index >= 15 is 0 Å². The average Bonchev–Trinajstić information content (AvgIpc) is 2.82. The minimum Gasteiger partial charge on any atom is -0.465 e.